The molecule has 0 radical (unpaired) electrons. The van der Waals surface area contributed by atoms with Gasteiger partial charge in [0.1, 0.15) is 0 Å². The third kappa shape index (κ3) is 6.04. The van der Waals surface area contributed by atoms with Crippen LogP contribution in [0.4, 0.5) is 0 Å². The molecule has 2 aromatic carbocycles. The van der Waals surface area contributed by atoms with Crippen LogP contribution in [0.3, 0.4) is 0 Å². The number of amides is 2. The average Bonchev–Trinajstić information content (AvgIpc) is 2.65. The van der Waals surface area contributed by atoms with E-state index in [4.69, 9.17) is 0 Å². The molecule has 0 unspecified atom stereocenters. The SMILES string of the molecule is CCN(CC)Cc1ccc(C(=O)NNC(=O)Cc2ccccc2)cc1. The van der Waals surface area contributed by atoms with Crippen LogP contribution in [0.1, 0.15) is 35.3 Å². The molecule has 0 saturated heterocycles. The first-order valence-electron chi connectivity index (χ1n) is 8.56. The second-order valence-corrected chi connectivity index (χ2v) is 5.82. The Bertz CT molecular complexity index is 680. The molecule has 0 aliphatic carbocycles. The summed E-state index contributed by atoms with van der Waals surface area (Å²) in [5.41, 5.74) is 7.48. The molecule has 2 aromatic rings. The summed E-state index contributed by atoms with van der Waals surface area (Å²) >= 11 is 0. The molecular weight excluding hydrogens is 314 g/mol. The molecule has 2 amide bonds. The smallest absolute Gasteiger partial charge is 0.269 e. The lowest BCUT2D eigenvalue weighted by Crippen LogP contribution is -2.42. The van der Waals surface area contributed by atoms with Crippen molar-refractivity contribution in [3.05, 3.63) is 71.3 Å². The van der Waals surface area contributed by atoms with Crippen molar-refractivity contribution < 1.29 is 9.59 Å². The molecule has 0 aromatic heterocycles. The topological polar surface area (TPSA) is 61.4 Å². The van der Waals surface area contributed by atoms with Gasteiger partial charge in [0.25, 0.3) is 5.91 Å². The Morgan fingerprint density at radius 1 is 0.840 bits per heavy atom. The van der Waals surface area contributed by atoms with Gasteiger partial charge in [0, 0.05) is 12.1 Å². The van der Waals surface area contributed by atoms with E-state index >= 15 is 0 Å². The van der Waals surface area contributed by atoms with E-state index in [-0.39, 0.29) is 18.2 Å². The summed E-state index contributed by atoms with van der Waals surface area (Å²) in [5, 5.41) is 0. The summed E-state index contributed by atoms with van der Waals surface area (Å²) < 4.78 is 0. The Hall–Kier alpha value is -2.66. The highest BCUT2D eigenvalue weighted by Gasteiger charge is 2.08. The van der Waals surface area contributed by atoms with Crippen molar-refractivity contribution >= 4 is 11.8 Å². The van der Waals surface area contributed by atoms with Crippen LogP contribution < -0.4 is 10.9 Å². The minimum Gasteiger partial charge on any atom is -0.300 e. The van der Waals surface area contributed by atoms with Gasteiger partial charge in [-0.1, -0.05) is 56.3 Å². The molecule has 132 valence electrons. The highest BCUT2D eigenvalue weighted by Crippen LogP contribution is 2.07. The van der Waals surface area contributed by atoms with Crippen LogP contribution in [0.5, 0.6) is 0 Å². The standard InChI is InChI=1S/C20H25N3O2/c1-3-23(4-2)15-17-10-12-18(13-11-17)20(25)22-21-19(24)14-16-8-6-5-7-9-16/h5-13H,3-4,14-15H2,1-2H3,(H,21,24)(H,22,25). The zero-order valence-corrected chi connectivity index (χ0v) is 14.8. The molecule has 0 spiro atoms. The van der Waals surface area contributed by atoms with Crippen molar-refractivity contribution in [1.82, 2.24) is 15.8 Å². The van der Waals surface area contributed by atoms with E-state index in [1.807, 2.05) is 42.5 Å². The Labute approximate surface area is 149 Å². The number of carbonyl (C=O) groups excluding carboxylic acids is 2. The fourth-order valence-corrected chi connectivity index (χ4v) is 2.49. The van der Waals surface area contributed by atoms with Crippen molar-refractivity contribution in [3.8, 4) is 0 Å². The van der Waals surface area contributed by atoms with Gasteiger partial charge in [-0.05, 0) is 36.3 Å². The van der Waals surface area contributed by atoms with E-state index in [0.29, 0.717) is 5.56 Å². The van der Waals surface area contributed by atoms with Crippen LogP contribution in [-0.2, 0) is 17.8 Å². The minimum atomic E-state index is -0.323. The number of hydrogen-bond acceptors (Lipinski definition) is 3. The van der Waals surface area contributed by atoms with Crippen LogP contribution in [0.25, 0.3) is 0 Å². The van der Waals surface area contributed by atoms with Gasteiger partial charge in [-0.15, -0.1) is 0 Å². The van der Waals surface area contributed by atoms with Crippen molar-refractivity contribution in [3.63, 3.8) is 0 Å². The van der Waals surface area contributed by atoms with E-state index in [0.717, 1.165) is 30.8 Å². The number of rotatable bonds is 7. The second-order valence-electron chi connectivity index (χ2n) is 5.82. The zero-order valence-electron chi connectivity index (χ0n) is 14.8. The fraction of sp³-hybridized carbons (Fsp3) is 0.300. The minimum absolute atomic E-state index is 0.226. The monoisotopic (exact) mass is 339 g/mol. The molecule has 0 saturated carbocycles. The van der Waals surface area contributed by atoms with Gasteiger partial charge < -0.3 is 0 Å². The maximum absolute atomic E-state index is 12.1. The van der Waals surface area contributed by atoms with E-state index in [1.165, 1.54) is 0 Å². The van der Waals surface area contributed by atoms with E-state index in [1.54, 1.807) is 12.1 Å². The summed E-state index contributed by atoms with van der Waals surface area (Å²) in [5.74, 6) is -0.575. The lowest BCUT2D eigenvalue weighted by Gasteiger charge is -2.18. The average molecular weight is 339 g/mol. The summed E-state index contributed by atoms with van der Waals surface area (Å²) in [6, 6.07) is 16.8. The Morgan fingerprint density at radius 3 is 2.08 bits per heavy atom. The number of carbonyl (C=O) groups is 2. The predicted molar refractivity (Wildman–Crippen MR) is 98.8 cm³/mol. The molecule has 0 fully saturated rings. The van der Waals surface area contributed by atoms with Crippen molar-refractivity contribution in [1.29, 1.82) is 0 Å². The number of nitrogens with one attached hydrogen (secondary N) is 2. The lowest BCUT2D eigenvalue weighted by atomic mass is 10.1. The maximum atomic E-state index is 12.1. The fourth-order valence-electron chi connectivity index (χ4n) is 2.49. The van der Waals surface area contributed by atoms with Gasteiger partial charge in [-0.2, -0.15) is 0 Å². The van der Waals surface area contributed by atoms with E-state index < -0.39 is 0 Å². The predicted octanol–water partition coefficient (Wildman–Crippen LogP) is 2.53. The Morgan fingerprint density at radius 2 is 1.48 bits per heavy atom. The molecular formula is C20H25N3O2. The first-order valence-corrected chi connectivity index (χ1v) is 8.56. The van der Waals surface area contributed by atoms with Crippen LogP contribution >= 0.6 is 0 Å². The van der Waals surface area contributed by atoms with Crippen LogP contribution in [0.15, 0.2) is 54.6 Å². The molecule has 5 nitrogen and oxygen atoms in total. The molecule has 2 N–H and O–H groups in total. The molecule has 2 rings (SSSR count). The maximum Gasteiger partial charge on any atom is 0.269 e. The normalized spacial score (nSPS) is 10.5. The van der Waals surface area contributed by atoms with Gasteiger partial charge in [0.05, 0.1) is 6.42 Å². The highest BCUT2D eigenvalue weighted by atomic mass is 16.2. The van der Waals surface area contributed by atoms with E-state index in [9.17, 15) is 9.59 Å². The second kappa shape index (κ2) is 9.59. The molecule has 0 aliphatic rings. The summed E-state index contributed by atoms with van der Waals surface area (Å²) in [7, 11) is 0. The van der Waals surface area contributed by atoms with Gasteiger partial charge in [-0.3, -0.25) is 25.3 Å². The number of hydrogen-bond donors (Lipinski definition) is 2. The molecule has 0 aliphatic heterocycles. The molecule has 5 heteroatoms. The molecule has 0 atom stereocenters. The Kier molecular flexibility index (Phi) is 7.16. The molecule has 0 heterocycles. The van der Waals surface area contributed by atoms with Crippen LogP contribution in [0.2, 0.25) is 0 Å². The zero-order chi connectivity index (χ0) is 18.1. The largest absolute Gasteiger partial charge is 0.300 e. The van der Waals surface area contributed by atoms with Gasteiger partial charge in [0.2, 0.25) is 5.91 Å². The van der Waals surface area contributed by atoms with Gasteiger partial charge >= 0.3 is 0 Å². The third-order valence-electron chi connectivity index (χ3n) is 4.04. The van der Waals surface area contributed by atoms with Crippen LogP contribution in [-0.4, -0.2) is 29.8 Å². The van der Waals surface area contributed by atoms with Crippen molar-refractivity contribution in [2.24, 2.45) is 0 Å². The first-order chi connectivity index (χ1) is 12.1. The third-order valence-corrected chi connectivity index (χ3v) is 4.04. The number of nitrogens with zero attached hydrogens (tertiary/aromatic N) is 1. The lowest BCUT2D eigenvalue weighted by molar-refractivity contribution is -0.121. The number of benzene rings is 2. The quantitative estimate of drug-likeness (QED) is 0.762. The molecule has 0 bridgehead atoms. The summed E-state index contributed by atoms with van der Waals surface area (Å²) in [6.45, 7) is 7.11. The van der Waals surface area contributed by atoms with Crippen molar-refractivity contribution in [2.45, 2.75) is 26.8 Å². The number of hydrazine groups is 1. The van der Waals surface area contributed by atoms with E-state index in [2.05, 4.69) is 29.6 Å². The summed E-state index contributed by atoms with van der Waals surface area (Å²) in [4.78, 5) is 26.3. The first kappa shape index (κ1) is 18.7. The molecule has 25 heavy (non-hydrogen) atoms. The van der Waals surface area contributed by atoms with Gasteiger partial charge in [-0.25, -0.2) is 0 Å². The highest BCUT2D eigenvalue weighted by molar-refractivity contribution is 5.95. The van der Waals surface area contributed by atoms with Crippen LogP contribution in [0, 0.1) is 0 Å². The Balaban J connectivity index is 1.83. The van der Waals surface area contributed by atoms with Gasteiger partial charge in [0.15, 0.2) is 0 Å². The van der Waals surface area contributed by atoms with Crippen molar-refractivity contribution in [2.75, 3.05) is 13.1 Å². The summed E-state index contributed by atoms with van der Waals surface area (Å²) in [6.07, 6.45) is 0.226.